The Kier molecular flexibility index (Phi) is 7.10. The Hall–Kier alpha value is -2.73. The van der Waals surface area contributed by atoms with E-state index >= 15 is 0 Å². The first-order valence-corrected chi connectivity index (χ1v) is 8.28. The fourth-order valence-corrected chi connectivity index (χ4v) is 2.38. The minimum atomic E-state index is -0.140. The van der Waals surface area contributed by atoms with Crippen LogP contribution in [-0.2, 0) is 16.0 Å². The minimum Gasteiger partial charge on any atom is -0.326 e. The molecule has 0 spiro atoms. The second-order valence-electron chi connectivity index (χ2n) is 5.97. The van der Waals surface area contributed by atoms with Crippen molar-refractivity contribution in [2.75, 3.05) is 30.8 Å². The fraction of sp³-hybridized carbons (Fsp3) is 0.316. The number of nitrogens with zero attached hydrogens (tertiary/aromatic N) is 2. The summed E-state index contributed by atoms with van der Waals surface area (Å²) in [5.41, 5.74) is 2.58. The second-order valence-corrected chi connectivity index (χ2v) is 5.97. The molecule has 132 valence electrons. The largest absolute Gasteiger partial charge is 0.326 e. The number of hydrogen-bond donors (Lipinski definition) is 2. The zero-order valence-electron chi connectivity index (χ0n) is 14.7. The summed E-state index contributed by atoms with van der Waals surface area (Å²) in [7, 11) is 2.01. The molecule has 1 aromatic heterocycles. The number of rotatable bonds is 8. The van der Waals surface area contributed by atoms with E-state index < -0.39 is 0 Å². The van der Waals surface area contributed by atoms with Crippen molar-refractivity contribution in [2.45, 2.75) is 19.8 Å². The van der Waals surface area contributed by atoms with Gasteiger partial charge in [0.05, 0.1) is 0 Å². The molecule has 0 aliphatic heterocycles. The quantitative estimate of drug-likeness (QED) is 0.774. The van der Waals surface area contributed by atoms with Gasteiger partial charge < -0.3 is 15.5 Å². The van der Waals surface area contributed by atoms with Crippen molar-refractivity contribution in [2.24, 2.45) is 0 Å². The van der Waals surface area contributed by atoms with Gasteiger partial charge in [0.25, 0.3) is 0 Å². The fourth-order valence-electron chi connectivity index (χ4n) is 2.38. The van der Waals surface area contributed by atoms with Crippen LogP contribution in [0.1, 0.15) is 18.9 Å². The van der Waals surface area contributed by atoms with Crippen LogP contribution in [0.4, 0.5) is 11.4 Å². The molecule has 2 amide bonds. The standard InChI is InChI=1S/C19H24N4O2/c1-15(24)21-17-4-3-5-18(14-17)22-19(25)9-13-23(2)12-8-16-6-10-20-11-7-16/h3-7,10-11,14H,8-9,12-13H2,1-2H3,(H,21,24)(H,22,25). The van der Waals surface area contributed by atoms with Crippen LogP contribution in [-0.4, -0.2) is 41.8 Å². The zero-order chi connectivity index (χ0) is 18.1. The number of aromatic nitrogens is 1. The highest BCUT2D eigenvalue weighted by molar-refractivity contribution is 5.93. The summed E-state index contributed by atoms with van der Waals surface area (Å²) in [5, 5.41) is 5.56. The van der Waals surface area contributed by atoms with Crippen molar-refractivity contribution in [1.82, 2.24) is 9.88 Å². The number of anilines is 2. The molecular formula is C19H24N4O2. The van der Waals surface area contributed by atoms with Crippen LogP contribution in [0.2, 0.25) is 0 Å². The number of nitrogens with one attached hydrogen (secondary N) is 2. The Balaban J connectivity index is 1.73. The van der Waals surface area contributed by atoms with Gasteiger partial charge in [-0.2, -0.15) is 0 Å². The van der Waals surface area contributed by atoms with E-state index in [-0.39, 0.29) is 11.8 Å². The Morgan fingerprint density at radius 3 is 2.40 bits per heavy atom. The lowest BCUT2D eigenvalue weighted by molar-refractivity contribution is -0.116. The second kappa shape index (κ2) is 9.54. The van der Waals surface area contributed by atoms with Crippen molar-refractivity contribution >= 4 is 23.2 Å². The maximum atomic E-state index is 12.1. The molecule has 0 unspecified atom stereocenters. The van der Waals surface area contributed by atoms with Crippen LogP contribution in [0, 0.1) is 0 Å². The monoisotopic (exact) mass is 340 g/mol. The molecular weight excluding hydrogens is 316 g/mol. The molecule has 25 heavy (non-hydrogen) atoms. The summed E-state index contributed by atoms with van der Waals surface area (Å²) >= 11 is 0. The number of benzene rings is 1. The molecule has 0 aliphatic rings. The van der Waals surface area contributed by atoms with Gasteiger partial charge in [0.2, 0.25) is 11.8 Å². The minimum absolute atomic E-state index is 0.0456. The molecule has 0 saturated carbocycles. The van der Waals surface area contributed by atoms with E-state index in [1.807, 2.05) is 19.2 Å². The Morgan fingerprint density at radius 2 is 1.72 bits per heavy atom. The first-order valence-electron chi connectivity index (χ1n) is 8.28. The van der Waals surface area contributed by atoms with Gasteiger partial charge in [-0.05, 0) is 49.4 Å². The summed E-state index contributed by atoms with van der Waals surface area (Å²) in [6.45, 7) is 3.02. The molecule has 1 heterocycles. The van der Waals surface area contributed by atoms with E-state index in [2.05, 4.69) is 20.5 Å². The van der Waals surface area contributed by atoms with Crippen molar-refractivity contribution in [3.63, 3.8) is 0 Å². The topological polar surface area (TPSA) is 74.3 Å². The number of hydrogen-bond acceptors (Lipinski definition) is 4. The molecule has 2 aromatic rings. The average molecular weight is 340 g/mol. The summed E-state index contributed by atoms with van der Waals surface area (Å²) in [5.74, 6) is -0.185. The first-order chi connectivity index (χ1) is 12.0. The molecule has 2 rings (SSSR count). The van der Waals surface area contributed by atoms with Gasteiger partial charge in [-0.25, -0.2) is 0 Å². The molecule has 0 aliphatic carbocycles. The number of carbonyl (C=O) groups is 2. The van der Waals surface area contributed by atoms with Gasteiger partial charge in [0.15, 0.2) is 0 Å². The van der Waals surface area contributed by atoms with Crippen LogP contribution in [0.5, 0.6) is 0 Å². The van der Waals surface area contributed by atoms with E-state index in [0.29, 0.717) is 24.3 Å². The lowest BCUT2D eigenvalue weighted by atomic mass is 10.2. The maximum absolute atomic E-state index is 12.1. The molecule has 1 aromatic carbocycles. The molecule has 0 saturated heterocycles. The summed E-state index contributed by atoms with van der Waals surface area (Å²) < 4.78 is 0. The molecule has 2 N–H and O–H groups in total. The SMILES string of the molecule is CC(=O)Nc1cccc(NC(=O)CCN(C)CCc2ccncc2)c1. The molecule has 0 atom stereocenters. The van der Waals surface area contributed by atoms with E-state index in [4.69, 9.17) is 0 Å². The predicted molar refractivity (Wildman–Crippen MR) is 99.4 cm³/mol. The summed E-state index contributed by atoms with van der Waals surface area (Å²) in [6, 6.07) is 11.1. The van der Waals surface area contributed by atoms with E-state index in [1.54, 1.807) is 36.7 Å². The third kappa shape index (κ3) is 7.14. The van der Waals surface area contributed by atoms with Gasteiger partial charge in [-0.15, -0.1) is 0 Å². The number of carbonyl (C=O) groups excluding carboxylic acids is 2. The van der Waals surface area contributed by atoms with Crippen molar-refractivity contribution < 1.29 is 9.59 Å². The van der Waals surface area contributed by atoms with Gasteiger partial charge in [-0.1, -0.05) is 6.07 Å². The van der Waals surface area contributed by atoms with Crippen molar-refractivity contribution in [1.29, 1.82) is 0 Å². The highest BCUT2D eigenvalue weighted by Gasteiger charge is 2.06. The molecule has 6 heteroatoms. The molecule has 0 bridgehead atoms. The van der Waals surface area contributed by atoms with E-state index in [1.165, 1.54) is 12.5 Å². The number of likely N-dealkylation sites (N-methyl/N-ethyl adjacent to an activating group) is 1. The van der Waals surface area contributed by atoms with Crippen LogP contribution in [0.15, 0.2) is 48.8 Å². The van der Waals surface area contributed by atoms with Gasteiger partial charge in [0, 0.05) is 50.2 Å². The third-order valence-electron chi connectivity index (χ3n) is 3.72. The van der Waals surface area contributed by atoms with Crippen molar-refractivity contribution in [3.8, 4) is 0 Å². The lowest BCUT2D eigenvalue weighted by Crippen LogP contribution is -2.26. The highest BCUT2D eigenvalue weighted by atomic mass is 16.2. The van der Waals surface area contributed by atoms with Gasteiger partial charge in [-0.3, -0.25) is 14.6 Å². The summed E-state index contributed by atoms with van der Waals surface area (Å²) in [6.07, 6.45) is 4.92. The number of pyridine rings is 1. The highest BCUT2D eigenvalue weighted by Crippen LogP contribution is 2.15. The van der Waals surface area contributed by atoms with Crippen molar-refractivity contribution in [3.05, 3.63) is 54.4 Å². The van der Waals surface area contributed by atoms with Crippen LogP contribution in [0.3, 0.4) is 0 Å². The van der Waals surface area contributed by atoms with Crippen LogP contribution >= 0.6 is 0 Å². The maximum Gasteiger partial charge on any atom is 0.225 e. The number of amides is 2. The normalized spacial score (nSPS) is 10.5. The Labute approximate surface area is 148 Å². The van der Waals surface area contributed by atoms with Gasteiger partial charge in [0.1, 0.15) is 0 Å². The Morgan fingerprint density at radius 1 is 1.04 bits per heavy atom. The van der Waals surface area contributed by atoms with Crippen LogP contribution < -0.4 is 10.6 Å². The van der Waals surface area contributed by atoms with Gasteiger partial charge >= 0.3 is 0 Å². The lowest BCUT2D eigenvalue weighted by Gasteiger charge is -2.16. The molecule has 6 nitrogen and oxygen atoms in total. The zero-order valence-corrected chi connectivity index (χ0v) is 14.7. The predicted octanol–water partition coefficient (Wildman–Crippen LogP) is 2.54. The van der Waals surface area contributed by atoms with E-state index in [9.17, 15) is 9.59 Å². The smallest absolute Gasteiger partial charge is 0.225 e. The molecule has 0 radical (unpaired) electrons. The summed E-state index contributed by atoms with van der Waals surface area (Å²) in [4.78, 5) is 29.3. The average Bonchev–Trinajstić information content (AvgIpc) is 2.59. The third-order valence-corrected chi connectivity index (χ3v) is 3.72. The Bertz CT molecular complexity index is 704. The van der Waals surface area contributed by atoms with Crippen LogP contribution in [0.25, 0.3) is 0 Å². The molecule has 0 fully saturated rings. The first kappa shape index (κ1) is 18.6. The van der Waals surface area contributed by atoms with E-state index in [0.717, 1.165) is 13.0 Å².